The molecule has 25 heavy (non-hydrogen) atoms. The second kappa shape index (κ2) is 8.45. The summed E-state index contributed by atoms with van der Waals surface area (Å²) < 4.78 is 0. The number of hydrogen-bond donors (Lipinski definition) is 1. The van der Waals surface area contributed by atoms with Gasteiger partial charge in [0, 0.05) is 16.8 Å². The highest BCUT2D eigenvalue weighted by molar-refractivity contribution is 7.99. The summed E-state index contributed by atoms with van der Waals surface area (Å²) in [7, 11) is 0. The molecule has 0 atom stereocenters. The molecule has 130 valence electrons. The molecule has 3 rings (SSSR count). The van der Waals surface area contributed by atoms with Gasteiger partial charge in [-0.2, -0.15) is 5.26 Å². The van der Waals surface area contributed by atoms with E-state index in [1.54, 1.807) is 17.5 Å². The van der Waals surface area contributed by atoms with E-state index in [-0.39, 0.29) is 11.7 Å². The molecule has 0 radical (unpaired) electrons. The lowest BCUT2D eigenvalue weighted by atomic mass is 9.97. The predicted octanol–water partition coefficient (Wildman–Crippen LogP) is 4.11. The van der Waals surface area contributed by atoms with Crippen LogP contribution in [0.3, 0.4) is 0 Å². The molecule has 0 aliphatic heterocycles. The molecule has 2 heterocycles. The zero-order valence-corrected chi connectivity index (χ0v) is 15.8. The van der Waals surface area contributed by atoms with E-state index in [2.05, 4.69) is 21.4 Å². The van der Waals surface area contributed by atoms with Crippen LogP contribution in [0.2, 0.25) is 0 Å². The van der Waals surface area contributed by atoms with Crippen LogP contribution in [0.4, 0.5) is 5.00 Å². The van der Waals surface area contributed by atoms with Crippen molar-refractivity contribution in [1.29, 1.82) is 5.26 Å². The number of anilines is 1. The number of fused-ring (bicyclic) bond motifs is 1. The SMILES string of the molecule is Cc1ccnc(SCC(=O)Nc2sc3c(c2C#N)CCCCCC3)n1. The molecule has 1 amide bonds. The summed E-state index contributed by atoms with van der Waals surface area (Å²) in [5, 5.41) is 13.8. The first-order chi connectivity index (χ1) is 12.2. The van der Waals surface area contributed by atoms with Gasteiger partial charge in [-0.05, 0) is 44.2 Å². The lowest BCUT2D eigenvalue weighted by Gasteiger charge is -2.08. The topological polar surface area (TPSA) is 78.7 Å². The number of amides is 1. The molecule has 0 saturated heterocycles. The lowest BCUT2D eigenvalue weighted by Crippen LogP contribution is -2.14. The Bertz CT molecular complexity index is 810. The monoisotopic (exact) mass is 372 g/mol. The van der Waals surface area contributed by atoms with Crippen LogP contribution in [0, 0.1) is 18.3 Å². The van der Waals surface area contributed by atoms with Gasteiger partial charge in [0.2, 0.25) is 5.91 Å². The first-order valence-electron chi connectivity index (χ1n) is 8.44. The molecular weight excluding hydrogens is 352 g/mol. The number of thioether (sulfide) groups is 1. The molecule has 0 unspecified atom stereocenters. The van der Waals surface area contributed by atoms with Gasteiger partial charge in [0.05, 0.1) is 11.3 Å². The van der Waals surface area contributed by atoms with Gasteiger partial charge < -0.3 is 5.32 Å². The molecule has 0 saturated carbocycles. The number of aryl methyl sites for hydroxylation is 2. The molecule has 5 nitrogen and oxygen atoms in total. The van der Waals surface area contributed by atoms with Gasteiger partial charge >= 0.3 is 0 Å². The summed E-state index contributed by atoms with van der Waals surface area (Å²) >= 11 is 2.87. The third-order valence-corrected chi connectivity index (χ3v) is 6.21. The molecule has 0 spiro atoms. The van der Waals surface area contributed by atoms with E-state index in [0.717, 1.165) is 36.9 Å². The van der Waals surface area contributed by atoms with Crippen LogP contribution in [-0.2, 0) is 17.6 Å². The maximum Gasteiger partial charge on any atom is 0.235 e. The fourth-order valence-electron chi connectivity index (χ4n) is 2.91. The van der Waals surface area contributed by atoms with Crippen molar-refractivity contribution >= 4 is 34.0 Å². The maximum absolute atomic E-state index is 12.3. The third-order valence-electron chi connectivity index (χ3n) is 4.14. The zero-order chi connectivity index (χ0) is 17.6. The van der Waals surface area contributed by atoms with Crippen LogP contribution in [0.1, 0.15) is 47.4 Å². The second-order valence-corrected chi connectivity index (χ2v) is 8.10. The van der Waals surface area contributed by atoms with Crippen molar-refractivity contribution in [1.82, 2.24) is 9.97 Å². The average molecular weight is 373 g/mol. The number of carbonyl (C=O) groups is 1. The zero-order valence-electron chi connectivity index (χ0n) is 14.2. The Hall–Kier alpha value is -1.91. The largest absolute Gasteiger partial charge is 0.316 e. The Labute approximate surface area is 155 Å². The molecule has 2 aromatic heterocycles. The van der Waals surface area contributed by atoms with Crippen LogP contribution in [0.5, 0.6) is 0 Å². The molecule has 1 aliphatic rings. The summed E-state index contributed by atoms with van der Waals surface area (Å²) in [6.07, 6.45) is 8.38. The van der Waals surface area contributed by atoms with Crippen molar-refractivity contribution < 1.29 is 4.79 Å². The first-order valence-corrected chi connectivity index (χ1v) is 10.2. The Morgan fingerprint density at radius 3 is 2.92 bits per heavy atom. The van der Waals surface area contributed by atoms with Crippen LogP contribution in [0.15, 0.2) is 17.4 Å². The van der Waals surface area contributed by atoms with Gasteiger partial charge in [0.15, 0.2) is 5.16 Å². The minimum absolute atomic E-state index is 0.124. The Balaban J connectivity index is 1.68. The number of nitrogens with zero attached hydrogens (tertiary/aromatic N) is 3. The number of aromatic nitrogens is 2. The Morgan fingerprint density at radius 2 is 2.16 bits per heavy atom. The molecule has 2 aromatic rings. The van der Waals surface area contributed by atoms with Crippen LogP contribution < -0.4 is 5.32 Å². The quantitative estimate of drug-likeness (QED) is 0.645. The van der Waals surface area contributed by atoms with Gasteiger partial charge in [-0.1, -0.05) is 24.6 Å². The Morgan fingerprint density at radius 1 is 1.36 bits per heavy atom. The number of nitriles is 1. The molecule has 0 fully saturated rings. The van der Waals surface area contributed by atoms with E-state index in [9.17, 15) is 10.1 Å². The van der Waals surface area contributed by atoms with E-state index in [1.165, 1.54) is 29.5 Å². The van der Waals surface area contributed by atoms with Crippen molar-refractivity contribution in [3.8, 4) is 6.07 Å². The van der Waals surface area contributed by atoms with E-state index < -0.39 is 0 Å². The highest BCUT2D eigenvalue weighted by atomic mass is 32.2. The van der Waals surface area contributed by atoms with Crippen molar-refractivity contribution in [3.63, 3.8) is 0 Å². The van der Waals surface area contributed by atoms with Gasteiger partial charge in [0.1, 0.15) is 11.1 Å². The lowest BCUT2D eigenvalue weighted by molar-refractivity contribution is -0.113. The fraction of sp³-hybridized carbons (Fsp3) is 0.444. The van der Waals surface area contributed by atoms with Crippen molar-refractivity contribution in [2.24, 2.45) is 0 Å². The normalized spacial score (nSPS) is 14.1. The minimum atomic E-state index is -0.124. The van der Waals surface area contributed by atoms with Gasteiger partial charge in [-0.25, -0.2) is 9.97 Å². The number of nitrogens with one attached hydrogen (secondary N) is 1. The van der Waals surface area contributed by atoms with Gasteiger partial charge in [-0.3, -0.25) is 4.79 Å². The summed E-state index contributed by atoms with van der Waals surface area (Å²) in [5.74, 6) is 0.109. The van der Waals surface area contributed by atoms with Crippen molar-refractivity contribution in [2.75, 3.05) is 11.1 Å². The maximum atomic E-state index is 12.3. The van der Waals surface area contributed by atoms with Crippen molar-refractivity contribution in [2.45, 2.75) is 50.6 Å². The molecule has 1 N–H and O–H groups in total. The highest BCUT2D eigenvalue weighted by Gasteiger charge is 2.20. The average Bonchev–Trinajstić information content (AvgIpc) is 2.88. The summed E-state index contributed by atoms with van der Waals surface area (Å²) in [4.78, 5) is 22.0. The second-order valence-electron chi connectivity index (χ2n) is 6.05. The van der Waals surface area contributed by atoms with Crippen molar-refractivity contribution in [3.05, 3.63) is 34.0 Å². The standard InChI is InChI=1S/C18H20N4OS2/c1-12-8-9-20-18(21-12)24-11-16(23)22-17-14(10-19)13-6-4-2-3-5-7-15(13)25-17/h8-9H,2-7,11H2,1H3,(H,22,23). The number of rotatable bonds is 4. The molecule has 0 aromatic carbocycles. The fourth-order valence-corrected chi connectivity index (χ4v) is 4.85. The van der Waals surface area contributed by atoms with E-state index in [1.807, 2.05) is 13.0 Å². The smallest absolute Gasteiger partial charge is 0.235 e. The Kier molecular flexibility index (Phi) is 6.05. The first kappa shape index (κ1) is 17.9. The van der Waals surface area contributed by atoms with Crippen LogP contribution in [-0.4, -0.2) is 21.6 Å². The van der Waals surface area contributed by atoms with Gasteiger partial charge in [-0.15, -0.1) is 11.3 Å². The van der Waals surface area contributed by atoms with E-state index in [4.69, 9.17) is 0 Å². The predicted molar refractivity (Wildman–Crippen MR) is 101 cm³/mol. The molecular formula is C18H20N4OS2. The molecule has 7 heteroatoms. The van der Waals surface area contributed by atoms with Crippen LogP contribution >= 0.6 is 23.1 Å². The van der Waals surface area contributed by atoms with E-state index in [0.29, 0.717) is 15.7 Å². The number of thiophene rings is 1. The summed E-state index contributed by atoms with van der Waals surface area (Å²) in [6, 6.07) is 4.13. The summed E-state index contributed by atoms with van der Waals surface area (Å²) in [6.45, 7) is 1.90. The highest BCUT2D eigenvalue weighted by Crippen LogP contribution is 2.36. The van der Waals surface area contributed by atoms with Crippen LogP contribution in [0.25, 0.3) is 0 Å². The molecule has 0 bridgehead atoms. The molecule has 1 aliphatic carbocycles. The van der Waals surface area contributed by atoms with Gasteiger partial charge in [0.25, 0.3) is 0 Å². The van der Waals surface area contributed by atoms with E-state index >= 15 is 0 Å². The third kappa shape index (κ3) is 4.59. The summed E-state index contributed by atoms with van der Waals surface area (Å²) in [5.41, 5.74) is 2.69. The minimum Gasteiger partial charge on any atom is -0.316 e. The number of carbonyl (C=O) groups excluding carboxylic acids is 1. The number of hydrogen-bond acceptors (Lipinski definition) is 6.